The van der Waals surface area contributed by atoms with Gasteiger partial charge in [0.25, 0.3) is 0 Å². The van der Waals surface area contributed by atoms with E-state index in [9.17, 15) is 13.2 Å². The van der Waals surface area contributed by atoms with Gasteiger partial charge in [0.1, 0.15) is 0 Å². The number of pyridine rings is 1. The number of amides is 2. The first-order chi connectivity index (χ1) is 15.9. The van der Waals surface area contributed by atoms with Crippen LogP contribution in [0.3, 0.4) is 0 Å². The van der Waals surface area contributed by atoms with Crippen LogP contribution in [0.15, 0.2) is 53.7 Å². The molecule has 3 rings (SSSR count). The third-order valence-corrected chi connectivity index (χ3v) is 7.80. The van der Waals surface area contributed by atoms with Crippen LogP contribution < -0.4 is 10.6 Å². The first-order valence-electron chi connectivity index (χ1n) is 11.4. The number of anilines is 1. The fourth-order valence-corrected chi connectivity index (χ4v) is 5.16. The Morgan fingerprint density at radius 1 is 1.06 bits per heavy atom. The maximum Gasteiger partial charge on any atom is 0.319 e. The van der Waals surface area contributed by atoms with Crippen LogP contribution in [0, 0.1) is 0 Å². The Balaban J connectivity index is 1.48. The van der Waals surface area contributed by atoms with Gasteiger partial charge in [-0.3, -0.25) is 9.88 Å². The average molecular weight is 475 g/mol. The lowest BCUT2D eigenvalue weighted by Crippen LogP contribution is -2.50. The molecule has 2 N–H and O–H groups in total. The summed E-state index contributed by atoms with van der Waals surface area (Å²) in [6.45, 7) is 11.1. The molecule has 1 aromatic carbocycles. The number of sulfonamides is 1. The Hall–Kier alpha value is -2.53. The summed E-state index contributed by atoms with van der Waals surface area (Å²) in [5.74, 6) is 0. The summed E-state index contributed by atoms with van der Waals surface area (Å²) in [5, 5.41) is 5.47. The number of benzene rings is 1. The standard InChI is InChI=1S/C23H34N6O3S/c1-3-27(4-2)12-13-28-14-16-29(17-15-28)33(31,32)22-9-7-21(8-10-22)26-23(30)25-19-20-6-5-11-24-18-20/h5-11,18H,3-4,12-17,19H2,1-2H3,(H2,25,26,30). The fourth-order valence-electron chi connectivity index (χ4n) is 3.74. The second-order valence-electron chi connectivity index (χ2n) is 7.97. The lowest BCUT2D eigenvalue weighted by atomic mass is 10.3. The Morgan fingerprint density at radius 3 is 2.36 bits per heavy atom. The van der Waals surface area contributed by atoms with Gasteiger partial charge in [-0.05, 0) is 49.0 Å². The third-order valence-electron chi connectivity index (χ3n) is 5.88. The maximum absolute atomic E-state index is 13.0. The molecular weight excluding hydrogens is 440 g/mol. The normalized spacial score (nSPS) is 15.5. The van der Waals surface area contributed by atoms with Crippen molar-refractivity contribution in [1.82, 2.24) is 24.4 Å². The first-order valence-corrected chi connectivity index (χ1v) is 12.8. The van der Waals surface area contributed by atoms with Crippen LogP contribution in [0.25, 0.3) is 0 Å². The van der Waals surface area contributed by atoms with E-state index in [0.717, 1.165) is 44.8 Å². The Bertz CT molecular complexity index is 973. The number of likely N-dealkylation sites (N-methyl/N-ethyl adjacent to an activating group) is 1. The van der Waals surface area contributed by atoms with Crippen LogP contribution in [0.2, 0.25) is 0 Å². The predicted molar refractivity (Wildman–Crippen MR) is 130 cm³/mol. The number of piperazine rings is 1. The van der Waals surface area contributed by atoms with Crippen LogP contribution in [-0.4, -0.2) is 85.9 Å². The minimum Gasteiger partial charge on any atom is -0.334 e. The Morgan fingerprint density at radius 2 is 1.76 bits per heavy atom. The highest BCUT2D eigenvalue weighted by Crippen LogP contribution is 2.20. The third kappa shape index (κ3) is 7.23. The number of nitrogens with zero attached hydrogens (tertiary/aromatic N) is 4. The monoisotopic (exact) mass is 474 g/mol. The highest BCUT2D eigenvalue weighted by atomic mass is 32.2. The summed E-state index contributed by atoms with van der Waals surface area (Å²) < 4.78 is 27.6. The lowest BCUT2D eigenvalue weighted by Gasteiger charge is -2.35. The average Bonchev–Trinajstić information content (AvgIpc) is 2.85. The van der Waals surface area contributed by atoms with Crippen LogP contribution in [-0.2, 0) is 16.6 Å². The van der Waals surface area contributed by atoms with Crippen LogP contribution >= 0.6 is 0 Å². The minimum atomic E-state index is -3.56. The van der Waals surface area contributed by atoms with E-state index in [0.29, 0.717) is 25.3 Å². The van der Waals surface area contributed by atoms with Gasteiger partial charge in [0.2, 0.25) is 10.0 Å². The molecule has 0 saturated carbocycles. The maximum atomic E-state index is 13.0. The number of carbonyl (C=O) groups is 1. The lowest BCUT2D eigenvalue weighted by molar-refractivity contribution is 0.163. The molecule has 0 unspecified atom stereocenters. The van der Waals surface area contributed by atoms with Crippen molar-refractivity contribution in [3.8, 4) is 0 Å². The van der Waals surface area contributed by atoms with Gasteiger partial charge in [0.15, 0.2) is 0 Å². The summed E-state index contributed by atoms with van der Waals surface area (Å²) in [6.07, 6.45) is 3.36. The molecule has 2 aromatic rings. The van der Waals surface area contributed by atoms with Crippen molar-refractivity contribution in [2.75, 3.05) is 57.7 Å². The van der Waals surface area contributed by atoms with Gasteiger partial charge in [-0.1, -0.05) is 19.9 Å². The van der Waals surface area contributed by atoms with E-state index in [1.807, 2.05) is 6.07 Å². The smallest absolute Gasteiger partial charge is 0.319 e. The summed E-state index contributed by atoms with van der Waals surface area (Å²) in [5.41, 5.74) is 1.42. The van der Waals surface area contributed by atoms with Crippen molar-refractivity contribution in [3.63, 3.8) is 0 Å². The van der Waals surface area contributed by atoms with Gasteiger partial charge >= 0.3 is 6.03 Å². The molecule has 10 heteroatoms. The van der Waals surface area contributed by atoms with Gasteiger partial charge < -0.3 is 15.5 Å². The molecule has 1 aromatic heterocycles. The number of urea groups is 1. The quantitative estimate of drug-likeness (QED) is 0.547. The van der Waals surface area contributed by atoms with E-state index >= 15 is 0 Å². The number of carbonyl (C=O) groups excluding carboxylic acids is 1. The second kappa shape index (κ2) is 12.1. The largest absolute Gasteiger partial charge is 0.334 e. The summed E-state index contributed by atoms with van der Waals surface area (Å²) >= 11 is 0. The van der Waals surface area contributed by atoms with Gasteiger partial charge in [-0.25, -0.2) is 13.2 Å². The van der Waals surface area contributed by atoms with Gasteiger partial charge in [-0.15, -0.1) is 0 Å². The summed E-state index contributed by atoms with van der Waals surface area (Å²) in [7, 11) is -3.56. The zero-order valence-electron chi connectivity index (χ0n) is 19.4. The number of hydrogen-bond donors (Lipinski definition) is 2. The molecule has 1 saturated heterocycles. The predicted octanol–water partition coefficient (Wildman–Crippen LogP) is 2.05. The molecule has 1 aliphatic rings. The van der Waals surface area contributed by atoms with Gasteiger partial charge in [0.05, 0.1) is 4.90 Å². The topological polar surface area (TPSA) is 97.9 Å². The molecule has 1 aliphatic heterocycles. The molecule has 9 nitrogen and oxygen atoms in total. The van der Waals surface area contributed by atoms with Crippen molar-refractivity contribution < 1.29 is 13.2 Å². The zero-order chi connectivity index (χ0) is 23.7. The number of aromatic nitrogens is 1. The molecule has 0 atom stereocenters. The Kier molecular flexibility index (Phi) is 9.19. The van der Waals surface area contributed by atoms with E-state index in [1.54, 1.807) is 47.0 Å². The molecule has 1 fully saturated rings. The minimum absolute atomic E-state index is 0.236. The highest BCUT2D eigenvalue weighted by Gasteiger charge is 2.28. The number of hydrogen-bond acceptors (Lipinski definition) is 6. The van der Waals surface area contributed by atoms with Crippen molar-refractivity contribution in [1.29, 1.82) is 0 Å². The number of rotatable bonds is 10. The zero-order valence-corrected chi connectivity index (χ0v) is 20.2. The van der Waals surface area contributed by atoms with Crippen LogP contribution in [0.4, 0.5) is 10.5 Å². The van der Waals surface area contributed by atoms with Gasteiger partial charge in [-0.2, -0.15) is 4.31 Å². The highest BCUT2D eigenvalue weighted by molar-refractivity contribution is 7.89. The Labute approximate surface area is 196 Å². The summed E-state index contributed by atoms with van der Waals surface area (Å²) in [6, 6.07) is 9.61. The molecule has 33 heavy (non-hydrogen) atoms. The van der Waals surface area contributed by atoms with Crippen LogP contribution in [0.1, 0.15) is 19.4 Å². The molecule has 0 bridgehead atoms. The van der Waals surface area contributed by atoms with E-state index < -0.39 is 10.0 Å². The summed E-state index contributed by atoms with van der Waals surface area (Å²) in [4.78, 5) is 21.0. The van der Waals surface area contributed by atoms with Gasteiger partial charge in [0, 0.05) is 63.9 Å². The molecule has 0 spiro atoms. The van der Waals surface area contributed by atoms with E-state index in [1.165, 1.54) is 0 Å². The van der Waals surface area contributed by atoms with Crippen molar-refractivity contribution in [2.24, 2.45) is 0 Å². The SMILES string of the molecule is CCN(CC)CCN1CCN(S(=O)(=O)c2ccc(NC(=O)NCc3cccnc3)cc2)CC1. The molecule has 2 amide bonds. The van der Waals surface area contributed by atoms with Crippen molar-refractivity contribution in [2.45, 2.75) is 25.3 Å². The van der Waals surface area contributed by atoms with Crippen LogP contribution in [0.5, 0.6) is 0 Å². The molecule has 0 radical (unpaired) electrons. The van der Waals surface area contributed by atoms with E-state index in [2.05, 4.69) is 39.3 Å². The van der Waals surface area contributed by atoms with E-state index in [-0.39, 0.29) is 10.9 Å². The molecule has 180 valence electrons. The molecule has 2 heterocycles. The van der Waals surface area contributed by atoms with Crippen molar-refractivity contribution >= 4 is 21.7 Å². The van der Waals surface area contributed by atoms with E-state index in [4.69, 9.17) is 0 Å². The fraction of sp³-hybridized carbons (Fsp3) is 0.478. The number of nitrogens with one attached hydrogen (secondary N) is 2. The molecular formula is C23H34N6O3S. The first kappa shape index (κ1) is 25.1. The second-order valence-corrected chi connectivity index (χ2v) is 9.90. The molecule has 0 aliphatic carbocycles. The van der Waals surface area contributed by atoms with Crippen molar-refractivity contribution in [3.05, 3.63) is 54.4 Å².